The van der Waals surface area contributed by atoms with Crippen LogP contribution in [0, 0.1) is 5.82 Å². The van der Waals surface area contributed by atoms with Gasteiger partial charge in [0, 0.05) is 29.9 Å². The lowest BCUT2D eigenvalue weighted by atomic mass is 10.0. The van der Waals surface area contributed by atoms with Crippen LogP contribution in [0.25, 0.3) is 0 Å². The number of piperidine rings is 1. The van der Waals surface area contributed by atoms with Crippen molar-refractivity contribution in [3.8, 4) is 0 Å². The van der Waals surface area contributed by atoms with E-state index < -0.39 is 26.5 Å². The number of carbonyl (C=O) groups is 1. The molecule has 1 amide bonds. The predicted octanol–water partition coefficient (Wildman–Crippen LogP) is 1.82. The van der Waals surface area contributed by atoms with E-state index in [0.29, 0.717) is 23.6 Å². The fourth-order valence-electron chi connectivity index (χ4n) is 2.53. The van der Waals surface area contributed by atoms with Crippen molar-refractivity contribution in [2.24, 2.45) is 0 Å². The van der Waals surface area contributed by atoms with Crippen molar-refractivity contribution in [2.75, 3.05) is 26.4 Å². The zero-order chi connectivity index (χ0) is 16.5. The molecule has 1 aliphatic rings. The lowest BCUT2D eigenvalue weighted by Gasteiger charge is -2.32. The second-order valence-electron chi connectivity index (χ2n) is 5.39. The van der Waals surface area contributed by atoms with Gasteiger partial charge < -0.3 is 10.2 Å². The van der Waals surface area contributed by atoms with Crippen LogP contribution in [0.5, 0.6) is 0 Å². The highest BCUT2D eigenvalue weighted by Crippen LogP contribution is 2.26. The van der Waals surface area contributed by atoms with Crippen LogP contribution in [0.15, 0.2) is 21.5 Å². The van der Waals surface area contributed by atoms with Gasteiger partial charge in [0.25, 0.3) is 5.91 Å². The first-order valence-corrected chi connectivity index (χ1v) is 9.58. The highest BCUT2D eigenvalue weighted by atomic mass is 79.9. The molecule has 1 fully saturated rings. The molecule has 0 saturated carbocycles. The van der Waals surface area contributed by atoms with Crippen molar-refractivity contribution in [2.45, 2.75) is 23.8 Å². The summed E-state index contributed by atoms with van der Waals surface area (Å²) in [5, 5.41) is 3.15. The Morgan fingerprint density at radius 3 is 2.45 bits per heavy atom. The lowest BCUT2D eigenvalue weighted by Crippen LogP contribution is -2.44. The van der Waals surface area contributed by atoms with Crippen molar-refractivity contribution < 1.29 is 17.6 Å². The fourth-order valence-corrected chi connectivity index (χ4v) is 3.92. The van der Waals surface area contributed by atoms with Gasteiger partial charge in [-0.3, -0.25) is 4.79 Å². The highest BCUT2D eigenvalue weighted by molar-refractivity contribution is 9.10. The first-order valence-electron chi connectivity index (χ1n) is 6.89. The molecule has 8 heteroatoms. The molecule has 0 aromatic heterocycles. The van der Waals surface area contributed by atoms with Gasteiger partial charge >= 0.3 is 0 Å². The number of halogens is 2. The maximum atomic E-state index is 14.4. The summed E-state index contributed by atoms with van der Waals surface area (Å²) < 4.78 is 38.1. The average Bonchev–Trinajstić information content (AvgIpc) is 2.47. The minimum Gasteiger partial charge on any atom is -0.338 e. The monoisotopic (exact) mass is 392 g/mol. The van der Waals surface area contributed by atoms with Gasteiger partial charge in [0.15, 0.2) is 15.7 Å². The van der Waals surface area contributed by atoms with Gasteiger partial charge in [-0.05, 0) is 32.0 Å². The number of likely N-dealkylation sites (tertiary alicyclic amines) is 1. The third-order valence-electron chi connectivity index (χ3n) is 3.82. The minimum absolute atomic E-state index is 0.210. The number of carbonyl (C=O) groups excluding carboxylic acids is 1. The second-order valence-corrected chi connectivity index (χ2v) is 8.29. The molecule has 122 valence electrons. The Balaban J connectivity index is 2.33. The van der Waals surface area contributed by atoms with Crippen molar-refractivity contribution in [1.29, 1.82) is 0 Å². The molecule has 1 heterocycles. The Kier molecular flexibility index (Phi) is 5.24. The Morgan fingerprint density at radius 2 is 1.95 bits per heavy atom. The van der Waals surface area contributed by atoms with Gasteiger partial charge in [-0.1, -0.05) is 15.9 Å². The summed E-state index contributed by atoms with van der Waals surface area (Å²) in [6.07, 6.45) is 2.50. The number of nitrogens with zero attached hydrogens (tertiary/aromatic N) is 1. The number of sulfone groups is 1. The zero-order valence-electron chi connectivity index (χ0n) is 12.4. The number of rotatable bonds is 3. The number of nitrogens with one attached hydrogen (secondary N) is 1. The molecule has 0 bridgehead atoms. The Labute approximate surface area is 137 Å². The van der Waals surface area contributed by atoms with Gasteiger partial charge in [-0.15, -0.1) is 0 Å². The van der Waals surface area contributed by atoms with Gasteiger partial charge in [-0.2, -0.15) is 0 Å². The van der Waals surface area contributed by atoms with Crippen LogP contribution in [0.3, 0.4) is 0 Å². The molecule has 2 rings (SSSR count). The topological polar surface area (TPSA) is 66.5 Å². The number of benzene rings is 1. The standard InChI is InChI=1S/C14H18BrFN2O3S/c1-17-10-3-5-18(6-4-10)14(19)11-7-9(15)8-12(13(11)16)22(2,20)21/h7-8,10,17H,3-6H2,1-2H3. The number of amides is 1. The number of hydrogen-bond acceptors (Lipinski definition) is 4. The van der Waals surface area contributed by atoms with E-state index in [2.05, 4.69) is 21.2 Å². The van der Waals surface area contributed by atoms with Crippen molar-refractivity contribution in [3.05, 3.63) is 28.0 Å². The van der Waals surface area contributed by atoms with Gasteiger partial charge in [-0.25, -0.2) is 12.8 Å². The van der Waals surface area contributed by atoms with Gasteiger partial charge in [0.2, 0.25) is 0 Å². The van der Waals surface area contributed by atoms with Crippen molar-refractivity contribution >= 4 is 31.7 Å². The Morgan fingerprint density at radius 1 is 1.36 bits per heavy atom. The quantitative estimate of drug-likeness (QED) is 0.851. The molecule has 5 nitrogen and oxygen atoms in total. The third kappa shape index (κ3) is 3.67. The van der Waals surface area contributed by atoms with Crippen LogP contribution in [0.1, 0.15) is 23.2 Å². The van der Waals surface area contributed by atoms with Crippen molar-refractivity contribution in [1.82, 2.24) is 10.2 Å². The maximum absolute atomic E-state index is 14.4. The fraction of sp³-hybridized carbons (Fsp3) is 0.500. The summed E-state index contributed by atoms with van der Waals surface area (Å²) >= 11 is 3.14. The zero-order valence-corrected chi connectivity index (χ0v) is 14.8. The van der Waals surface area contributed by atoms with Crippen LogP contribution < -0.4 is 5.32 Å². The van der Waals surface area contributed by atoms with Crippen LogP contribution in [0.4, 0.5) is 4.39 Å². The molecular formula is C14H18BrFN2O3S. The van der Waals surface area contributed by atoms with E-state index in [0.717, 1.165) is 19.1 Å². The largest absolute Gasteiger partial charge is 0.338 e. The highest BCUT2D eigenvalue weighted by Gasteiger charge is 2.27. The van der Waals surface area contributed by atoms with Crippen LogP contribution in [-0.2, 0) is 9.84 Å². The van der Waals surface area contributed by atoms with Gasteiger partial charge in [0.1, 0.15) is 4.90 Å². The normalized spacial score (nSPS) is 16.8. The molecule has 1 N–H and O–H groups in total. The van der Waals surface area contributed by atoms with E-state index >= 15 is 0 Å². The summed E-state index contributed by atoms with van der Waals surface area (Å²) in [5.74, 6) is -1.45. The van der Waals surface area contributed by atoms with Crippen LogP contribution >= 0.6 is 15.9 Å². The Bertz CT molecular complexity index is 686. The summed E-state index contributed by atoms with van der Waals surface area (Å²) in [6.45, 7) is 1.04. The van der Waals surface area contributed by atoms with E-state index in [1.807, 2.05) is 7.05 Å². The van der Waals surface area contributed by atoms with E-state index in [-0.39, 0.29) is 5.56 Å². The third-order valence-corrected chi connectivity index (χ3v) is 5.38. The van der Waals surface area contributed by atoms with E-state index in [1.165, 1.54) is 12.1 Å². The molecule has 0 spiro atoms. The summed E-state index contributed by atoms with van der Waals surface area (Å²) in [6, 6.07) is 2.86. The number of hydrogen-bond donors (Lipinski definition) is 1. The molecule has 0 aliphatic carbocycles. The first kappa shape index (κ1) is 17.4. The molecule has 0 atom stereocenters. The first-order chi connectivity index (χ1) is 10.2. The minimum atomic E-state index is -3.74. The molecule has 22 heavy (non-hydrogen) atoms. The molecular weight excluding hydrogens is 375 g/mol. The Hall–Kier alpha value is -0.990. The van der Waals surface area contributed by atoms with E-state index in [4.69, 9.17) is 0 Å². The molecule has 1 aromatic carbocycles. The van der Waals surface area contributed by atoms with Gasteiger partial charge in [0.05, 0.1) is 5.56 Å². The van der Waals surface area contributed by atoms with Crippen LogP contribution in [0.2, 0.25) is 0 Å². The maximum Gasteiger partial charge on any atom is 0.256 e. The SMILES string of the molecule is CNC1CCN(C(=O)c2cc(Br)cc(S(C)(=O)=O)c2F)CC1. The molecule has 0 unspecified atom stereocenters. The van der Waals surface area contributed by atoms with Crippen molar-refractivity contribution in [3.63, 3.8) is 0 Å². The summed E-state index contributed by atoms with van der Waals surface area (Å²) in [4.78, 5) is 13.6. The average molecular weight is 393 g/mol. The molecule has 1 saturated heterocycles. The van der Waals surface area contributed by atoms with Crippen LogP contribution in [-0.4, -0.2) is 51.7 Å². The second kappa shape index (κ2) is 6.64. The van der Waals surface area contributed by atoms with E-state index in [9.17, 15) is 17.6 Å². The molecule has 0 radical (unpaired) electrons. The summed E-state index contributed by atoms with van der Waals surface area (Å²) in [5.41, 5.74) is -0.210. The smallest absolute Gasteiger partial charge is 0.256 e. The predicted molar refractivity (Wildman–Crippen MR) is 85.2 cm³/mol. The molecule has 1 aliphatic heterocycles. The van der Waals surface area contributed by atoms with E-state index in [1.54, 1.807) is 4.90 Å². The summed E-state index contributed by atoms with van der Waals surface area (Å²) in [7, 11) is -1.87. The lowest BCUT2D eigenvalue weighted by molar-refractivity contribution is 0.0702. The molecule has 1 aromatic rings.